The molecule has 5 heteroatoms. The number of anilines is 1. The van der Waals surface area contributed by atoms with Gasteiger partial charge >= 0.3 is 6.03 Å². The highest BCUT2D eigenvalue weighted by molar-refractivity contribution is 5.73. The molecule has 0 spiro atoms. The molecule has 2 amide bonds. The third-order valence-corrected chi connectivity index (χ3v) is 4.86. The Morgan fingerprint density at radius 2 is 2.04 bits per heavy atom. The van der Waals surface area contributed by atoms with Gasteiger partial charge in [-0.15, -0.1) is 0 Å². The zero-order chi connectivity index (χ0) is 18.4. The third kappa shape index (κ3) is 4.69. The maximum absolute atomic E-state index is 12.3. The molecule has 2 aromatic carbocycles. The summed E-state index contributed by atoms with van der Waals surface area (Å²) in [6.07, 6.45) is 1.08. The smallest absolute Gasteiger partial charge is 0.317 e. The summed E-state index contributed by atoms with van der Waals surface area (Å²) in [5.41, 5.74) is 2.31. The van der Waals surface area contributed by atoms with E-state index in [4.69, 9.17) is 4.74 Å². The van der Waals surface area contributed by atoms with Gasteiger partial charge in [0.15, 0.2) is 0 Å². The molecule has 0 unspecified atom stereocenters. The summed E-state index contributed by atoms with van der Waals surface area (Å²) in [5, 5.41) is 3.07. The fourth-order valence-electron chi connectivity index (χ4n) is 3.34. The molecule has 138 valence electrons. The highest BCUT2D eigenvalue weighted by Crippen LogP contribution is 2.26. The van der Waals surface area contributed by atoms with Gasteiger partial charge in [0.1, 0.15) is 5.75 Å². The summed E-state index contributed by atoms with van der Waals surface area (Å²) in [7, 11) is 3.52. The molecule has 1 aliphatic heterocycles. The van der Waals surface area contributed by atoms with Gasteiger partial charge in [-0.25, -0.2) is 4.79 Å². The van der Waals surface area contributed by atoms with Gasteiger partial charge in [0, 0.05) is 45.0 Å². The van der Waals surface area contributed by atoms with Gasteiger partial charge < -0.3 is 19.9 Å². The van der Waals surface area contributed by atoms with Gasteiger partial charge in [-0.3, -0.25) is 0 Å². The average Bonchev–Trinajstić information content (AvgIpc) is 3.16. The summed E-state index contributed by atoms with van der Waals surface area (Å²) < 4.78 is 5.31. The lowest BCUT2D eigenvalue weighted by molar-refractivity contribution is 0.205. The molecule has 1 N–H and O–H groups in total. The monoisotopic (exact) mass is 353 g/mol. The normalized spacial score (nSPS) is 16.4. The molecule has 1 atom stereocenters. The van der Waals surface area contributed by atoms with E-state index >= 15 is 0 Å². The zero-order valence-corrected chi connectivity index (χ0v) is 15.5. The zero-order valence-electron chi connectivity index (χ0n) is 15.5. The summed E-state index contributed by atoms with van der Waals surface area (Å²) in [6.45, 7) is 3.29. The molecule has 2 aromatic rings. The lowest BCUT2D eigenvalue weighted by atomic mass is 10.1. The topological polar surface area (TPSA) is 44.8 Å². The van der Waals surface area contributed by atoms with Gasteiger partial charge in [0.05, 0.1) is 7.11 Å². The molecule has 5 nitrogen and oxygen atoms in total. The molecular weight excluding hydrogens is 326 g/mol. The van der Waals surface area contributed by atoms with Crippen LogP contribution in [0.3, 0.4) is 0 Å². The average molecular weight is 353 g/mol. The second kappa shape index (κ2) is 8.61. The Morgan fingerprint density at radius 3 is 2.81 bits per heavy atom. The minimum absolute atomic E-state index is 0.0197. The van der Waals surface area contributed by atoms with E-state index in [1.165, 1.54) is 5.69 Å². The number of hydrogen-bond acceptors (Lipinski definition) is 3. The number of urea groups is 1. The van der Waals surface area contributed by atoms with Crippen molar-refractivity contribution in [1.82, 2.24) is 10.2 Å². The van der Waals surface area contributed by atoms with Gasteiger partial charge in [0.2, 0.25) is 0 Å². The van der Waals surface area contributed by atoms with E-state index in [0.717, 1.165) is 30.8 Å². The molecule has 0 aromatic heterocycles. The van der Waals surface area contributed by atoms with Crippen molar-refractivity contribution in [3.8, 4) is 5.75 Å². The number of amides is 2. The van der Waals surface area contributed by atoms with Crippen molar-refractivity contribution in [2.45, 2.75) is 13.0 Å². The van der Waals surface area contributed by atoms with Crippen molar-refractivity contribution < 1.29 is 9.53 Å². The van der Waals surface area contributed by atoms with E-state index in [2.05, 4.69) is 22.3 Å². The first-order chi connectivity index (χ1) is 12.7. The molecule has 26 heavy (non-hydrogen) atoms. The molecule has 1 fully saturated rings. The minimum Gasteiger partial charge on any atom is -0.497 e. The van der Waals surface area contributed by atoms with Crippen LogP contribution in [0.4, 0.5) is 10.5 Å². The number of nitrogens with one attached hydrogen (secondary N) is 1. The Labute approximate surface area is 155 Å². The predicted molar refractivity (Wildman–Crippen MR) is 105 cm³/mol. The lowest BCUT2D eigenvalue weighted by Gasteiger charge is -2.21. The SMILES string of the molecule is COc1cccc(N2CC[C@H](CNC(=O)N(C)Cc3ccccc3)C2)c1. The Morgan fingerprint density at radius 1 is 1.23 bits per heavy atom. The number of nitrogens with zero attached hydrogens (tertiary/aromatic N) is 2. The molecule has 0 saturated carbocycles. The summed E-state index contributed by atoms with van der Waals surface area (Å²) in [4.78, 5) is 16.4. The maximum atomic E-state index is 12.3. The van der Waals surface area contributed by atoms with Crippen molar-refractivity contribution in [2.75, 3.05) is 38.7 Å². The quantitative estimate of drug-likeness (QED) is 0.866. The fraction of sp³-hybridized carbons (Fsp3) is 0.381. The summed E-state index contributed by atoms with van der Waals surface area (Å²) >= 11 is 0. The standard InChI is InChI=1S/C21H27N3O2/c1-23(15-17-7-4-3-5-8-17)21(25)22-14-18-11-12-24(16-18)19-9-6-10-20(13-19)26-2/h3-10,13,18H,11-12,14-16H2,1-2H3,(H,22,25)/t18-/m1/s1. The van der Waals surface area contributed by atoms with Crippen molar-refractivity contribution in [3.63, 3.8) is 0 Å². The number of carbonyl (C=O) groups excluding carboxylic acids is 1. The minimum atomic E-state index is -0.0197. The van der Waals surface area contributed by atoms with E-state index in [1.807, 2.05) is 49.5 Å². The van der Waals surface area contributed by atoms with Crippen LogP contribution in [-0.2, 0) is 6.54 Å². The van der Waals surface area contributed by atoms with Gasteiger partial charge in [-0.1, -0.05) is 36.4 Å². The number of ether oxygens (including phenoxy) is 1. The van der Waals surface area contributed by atoms with Gasteiger partial charge in [-0.2, -0.15) is 0 Å². The van der Waals surface area contributed by atoms with Crippen molar-refractivity contribution in [3.05, 3.63) is 60.2 Å². The molecule has 0 bridgehead atoms. The highest BCUT2D eigenvalue weighted by Gasteiger charge is 2.23. The Bertz CT molecular complexity index is 720. The second-order valence-electron chi connectivity index (χ2n) is 6.83. The van der Waals surface area contributed by atoms with E-state index in [1.54, 1.807) is 12.0 Å². The molecule has 3 rings (SSSR count). The molecule has 1 heterocycles. The van der Waals surface area contributed by atoms with Crippen molar-refractivity contribution in [2.24, 2.45) is 5.92 Å². The van der Waals surface area contributed by atoms with E-state index in [-0.39, 0.29) is 6.03 Å². The van der Waals surface area contributed by atoms with Crippen LogP contribution in [0.5, 0.6) is 5.75 Å². The first-order valence-electron chi connectivity index (χ1n) is 9.07. The van der Waals surface area contributed by atoms with Gasteiger partial charge in [0.25, 0.3) is 0 Å². The molecule has 0 radical (unpaired) electrons. The van der Waals surface area contributed by atoms with Crippen LogP contribution < -0.4 is 15.0 Å². The summed E-state index contributed by atoms with van der Waals surface area (Å²) in [5.74, 6) is 1.34. The highest BCUT2D eigenvalue weighted by atomic mass is 16.5. The lowest BCUT2D eigenvalue weighted by Crippen LogP contribution is -2.39. The first kappa shape index (κ1) is 18.1. The number of benzene rings is 2. The Kier molecular flexibility index (Phi) is 6.00. The van der Waals surface area contributed by atoms with Crippen LogP contribution in [0.2, 0.25) is 0 Å². The van der Waals surface area contributed by atoms with Gasteiger partial charge in [-0.05, 0) is 30.0 Å². The van der Waals surface area contributed by atoms with Crippen molar-refractivity contribution in [1.29, 1.82) is 0 Å². The van der Waals surface area contributed by atoms with E-state index in [0.29, 0.717) is 19.0 Å². The molecular formula is C21H27N3O2. The number of rotatable bonds is 6. The van der Waals surface area contributed by atoms with Crippen LogP contribution >= 0.6 is 0 Å². The van der Waals surface area contributed by atoms with Crippen molar-refractivity contribution >= 4 is 11.7 Å². The summed E-state index contributed by atoms with van der Waals surface area (Å²) in [6, 6.07) is 18.2. The Hall–Kier alpha value is -2.69. The molecule has 1 saturated heterocycles. The first-order valence-corrected chi connectivity index (χ1v) is 9.07. The maximum Gasteiger partial charge on any atom is 0.317 e. The number of methoxy groups -OCH3 is 1. The molecule has 0 aliphatic carbocycles. The van der Waals surface area contributed by atoms with Crippen LogP contribution in [0.1, 0.15) is 12.0 Å². The third-order valence-electron chi connectivity index (χ3n) is 4.86. The van der Waals surface area contributed by atoms with Crippen LogP contribution in [-0.4, -0.2) is 44.7 Å². The van der Waals surface area contributed by atoms with Crippen LogP contribution in [0.15, 0.2) is 54.6 Å². The number of carbonyl (C=O) groups is 1. The predicted octanol–water partition coefficient (Wildman–Crippen LogP) is 3.36. The largest absolute Gasteiger partial charge is 0.497 e. The van der Waals surface area contributed by atoms with Crippen LogP contribution in [0.25, 0.3) is 0 Å². The molecule has 1 aliphatic rings. The second-order valence-corrected chi connectivity index (χ2v) is 6.83. The van der Waals surface area contributed by atoms with E-state index in [9.17, 15) is 4.79 Å². The van der Waals surface area contributed by atoms with E-state index < -0.39 is 0 Å². The number of hydrogen-bond donors (Lipinski definition) is 1. The Balaban J connectivity index is 1.46. The van der Waals surface area contributed by atoms with Crippen LogP contribution in [0, 0.1) is 5.92 Å². The fourth-order valence-corrected chi connectivity index (χ4v) is 3.34.